The number of allylic oxidation sites excluding steroid dienone is 1. The summed E-state index contributed by atoms with van der Waals surface area (Å²) in [6.07, 6.45) is 3.01. The number of rotatable bonds is 17. The van der Waals surface area contributed by atoms with Crippen LogP contribution < -0.4 is 10.6 Å². The van der Waals surface area contributed by atoms with E-state index in [1.165, 1.54) is 18.3 Å². The van der Waals surface area contributed by atoms with Crippen LogP contribution in [0.3, 0.4) is 0 Å². The molecule has 2 heterocycles. The third kappa shape index (κ3) is 9.59. The lowest BCUT2D eigenvalue weighted by Gasteiger charge is -2.37. The summed E-state index contributed by atoms with van der Waals surface area (Å²) in [4.78, 5) is 27.3. The molecule has 0 saturated heterocycles. The number of carbonyl (C=O) groups excluding carboxylic acids is 1. The fourth-order valence-corrected chi connectivity index (χ4v) is 4.15. The van der Waals surface area contributed by atoms with Crippen LogP contribution in [0.5, 0.6) is 0 Å². The zero-order chi connectivity index (χ0) is 27.9. The van der Waals surface area contributed by atoms with Gasteiger partial charge >= 0.3 is 0 Å². The van der Waals surface area contributed by atoms with Crippen LogP contribution in [0.1, 0.15) is 24.8 Å². The number of aromatic nitrogens is 1. The van der Waals surface area contributed by atoms with Gasteiger partial charge in [-0.1, -0.05) is 30.3 Å². The molecule has 1 aromatic carbocycles. The molecule has 1 aliphatic heterocycles. The SMILES string of the molecule is CCO[C@@H]1OC(C(=O)NCCNc2ccc([N+](=O)[O-])cn2)=C[C@H](c2ccccc2)[C@@H]1CCOCCOCCO. The second-order valence-electron chi connectivity index (χ2n) is 8.65. The summed E-state index contributed by atoms with van der Waals surface area (Å²) in [5.74, 6) is 0.0692. The molecule has 39 heavy (non-hydrogen) atoms. The molecule has 0 saturated carbocycles. The van der Waals surface area contributed by atoms with Gasteiger partial charge in [-0.3, -0.25) is 14.9 Å². The fourth-order valence-electron chi connectivity index (χ4n) is 4.15. The van der Waals surface area contributed by atoms with E-state index in [1.807, 2.05) is 43.3 Å². The summed E-state index contributed by atoms with van der Waals surface area (Å²) < 4.78 is 22.9. The topological polar surface area (TPSA) is 154 Å². The number of benzene rings is 1. The summed E-state index contributed by atoms with van der Waals surface area (Å²) in [5.41, 5.74) is 0.946. The molecule has 0 radical (unpaired) electrons. The largest absolute Gasteiger partial charge is 0.459 e. The van der Waals surface area contributed by atoms with Crippen molar-refractivity contribution in [3.05, 3.63) is 76.2 Å². The number of carbonyl (C=O) groups is 1. The highest BCUT2D eigenvalue weighted by atomic mass is 16.7. The quantitative estimate of drug-likeness (QED) is 0.154. The minimum Gasteiger partial charge on any atom is -0.459 e. The van der Waals surface area contributed by atoms with E-state index in [2.05, 4.69) is 15.6 Å². The maximum Gasteiger partial charge on any atom is 0.287 e. The van der Waals surface area contributed by atoms with Crippen molar-refractivity contribution in [2.75, 3.05) is 58.0 Å². The number of aliphatic hydroxyl groups is 1. The molecule has 1 aromatic heterocycles. The van der Waals surface area contributed by atoms with Crippen LogP contribution in [0.2, 0.25) is 0 Å². The molecule has 0 aliphatic carbocycles. The molecule has 0 unspecified atom stereocenters. The molecular weight excluding hydrogens is 508 g/mol. The average molecular weight is 545 g/mol. The minimum absolute atomic E-state index is 0.0239. The Bertz CT molecular complexity index is 1050. The number of hydrogen-bond acceptors (Lipinski definition) is 10. The molecule has 3 rings (SSSR count). The van der Waals surface area contributed by atoms with Crippen molar-refractivity contribution in [3.8, 4) is 0 Å². The molecule has 3 N–H and O–H groups in total. The van der Waals surface area contributed by atoms with E-state index in [0.717, 1.165) is 5.56 Å². The van der Waals surface area contributed by atoms with Crippen LogP contribution >= 0.6 is 0 Å². The lowest BCUT2D eigenvalue weighted by molar-refractivity contribution is -0.385. The monoisotopic (exact) mass is 544 g/mol. The number of ether oxygens (including phenoxy) is 4. The standard InChI is InChI=1S/C27H36N4O8/c1-2-38-27-22(10-14-36-16-17-37-15-13-32)23(20-6-4-3-5-7-20)18-24(39-27)26(33)29-12-11-28-25-9-8-21(19-30-25)31(34)35/h3-9,18-19,22-23,27,32H,2,10-17H2,1H3,(H,28,30)(H,29,33)/t22-,23+,27+/m0/s1. The van der Waals surface area contributed by atoms with E-state index in [4.69, 9.17) is 24.1 Å². The molecule has 1 amide bonds. The van der Waals surface area contributed by atoms with Gasteiger partial charge in [0.2, 0.25) is 6.29 Å². The Morgan fingerprint density at radius 2 is 1.87 bits per heavy atom. The molecule has 12 nitrogen and oxygen atoms in total. The lowest BCUT2D eigenvalue weighted by atomic mass is 9.81. The van der Waals surface area contributed by atoms with Crippen molar-refractivity contribution in [1.82, 2.24) is 10.3 Å². The lowest BCUT2D eigenvalue weighted by Crippen LogP contribution is -2.40. The molecule has 0 spiro atoms. The van der Waals surface area contributed by atoms with Crippen molar-refractivity contribution < 1.29 is 33.8 Å². The number of pyridine rings is 1. The normalized spacial score (nSPS) is 18.6. The third-order valence-electron chi connectivity index (χ3n) is 6.00. The number of nitrogens with one attached hydrogen (secondary N) is 2. The molecule has 1 aliphatic rings. The predicted octanol–water partition coefficient (Wildman–Crippen LogP) is 2.61. The molecular formula is C27H36N4O8. The van der Waals surface area contributed by atoms with Crippen molar-refractivity contribution in [1.29, 1.82) is 0 Å². The number of nitrogens with zero attached hydrogens (tertiary/aromatic N) is 2. The molecule has 2 aromatic rings. The van der Waals surface area contributed by atoms with E-state index in [1.54, 1.807) is 0 Å². The van der Waals surface area contributed by atoms with Gasteiger partial charge in [0, 0.05) is 44.2 Å². The first-order valence-electron chi connectivity index (χ1n) is 13.0. The molecule has 12 heteroatoms. The second kappa shape index (κ2) is 16.4. The summed E-state index contributed by atoms with van der Waals surface area (Å²) in [6.45, 7) is 4.47. The Hall–Kier alpha value is -3.58. The van der Waals surface area contributed by atoms with Gasteiger partial charge in [-0.05, 0) is 31.1 Å². The number of amides is 1. The Balaban J connectivity index is 1.61. The highest BCUT2D eigenvalue weighted by Crippen LogP contribution is 2.38. The van der Waals surface area contributed by atoms with Gasteiger partial charge in [0.15, 0.2) is 5.76 Å². The van der Waals surface area contributed by atoms with Gasteiger partial charge in [-0.25, -0.2) is 4.98 Å². The summed E-state index contributed by atoms with van der Waals surface area (Å²) in [7, 11) is 0. The first-order valence-corrected chi connectivity index (χ1v) is 13.0. The van der Waals surface area contributed by atoms with Crippen LogP contribution in [0.4, 0.5) is 11.5 Å². The smallest absolute Gasteiger partial charge is 0.287 e. The number of hydrogen-bond donors (Lipinski definition) is 3. The zero-order valence-corrected chi connectivity index (χ0v) is 22.0. The number of aliphatic hydroxyl groups excluding tert-OH is 1. The highest BCUT2D eigenvalue weighted by molar-refractivity contribution is 5.91. The number of nitro groups is 1. The van der Waals surface area contributed by atoms with E-state index in [0.29, 0.717) is 45.2 Å². The zero-order valence-electron chi connectivity index (χ0n) is 22.0. The van der Waals surface area contributed by atoms with Crippen molar-refractivity contribution in [2.45, 2.75) is 25.6 Å². The first kappa shape index (κ1) is 30.0. The van der Waals surface area contributed by atoms with Gasteiger partial charge in [-0.15, -0.1) is 0 Å². The third-order valence-corrected chi connectivity index (χ3v) is 6.00. The van der Waals surface area contributed by atoms with Crippen molar-refractivity contribution in [2.24, 2.45) is 5.92 Å². The van der Waals surface area contributed by atoms with E-state index >= 15 is 0 Å². The van der Waals surface area contributed by atoms with Crippen LogP contribution in [0.25, 0.3) is 0 Å². The van der Waals surface area contributed by atoms with Gasteiger partial charge in [0.05, 0.1) is 31.4 Å². The van der Waals surface area contributed by atoms with Crippen LogP contribution in [-0.4, -0.2) is 79.9 Å². The van der Waals surface area contributed by atoms with Gasteiger partial charge in [0.25, 0.3) is 11.6 Å². The maximum absolute atomic E-state index is 13.0. The maximum atomic E-state index is 13.0. The Labute approximate surface area is 227 Å². The molecule has 0 bridgehead atoms. The summed E-state index contributed by atoms with van der Waals surface area (Å²) >= 11 is 0. The van der Waals surface area contributed by atoms with Crippen molar-refractivity contribution in [3.63, 3.8) is 0 Å². The average Bonchev–Trinajstić information content (AvgIpc) is 2.96. The second-order valence-corrected chi connectivity index (χ2v) is 8.65. The summed E-state index contributed by atoms with van der Waals surface area (Å²) in [6, 6.07) is 12.8. The minimum atomic E-state index is -0.636. The van der Waals surface area contributed by atoms with Gasteiger partial charge < -0.3 is 34.7 Å². The van der Waals surface area contributed by atoms with Gasteiger partial charge in [-0.2, -0.15) is 0 Å². The fraction of sp³-hybridized carbons (Fsp3) is 0.481. The summed E-state index contributed by atoms with van der Waals surface area (Å²) in [5, 5.41) is 25.4. The van der Waals surface area contributed by atoms with Crippen LogP contribution in [0.15, 0.2) is 60.5 Å². The van der Waals surface area contributed by atoms with Crippen LogP contribution in [0, 0.1) is 16.0 Å². The Morgan fingerprint density at radius 1 is 1.10 bits per heavy atom. The molecule has 3 atom stereocenters. The molecule has 0 fully saturated rings. The van der Waals surface area contributed by atoms with Crippen molar-refractivity contribution >= 4 is 17.4 Å². The molecule has 212 valence electrons. The van der Waals surface area contributed by atoms with Crippen LogP contribution in [-0.2, 0) is 23.7 Å². The van der Waals surface area contributed by atoms with Gasteiger partial charge in [0.1, 0.15) is 12.0 Å². The highest BCUT2D eigenvalue weighted by Gasteiger charge is 2.37. The Kier molecular flexibility index (Phi) is 12.6. The predicted molar refractivity (Wildman–Crippen MR) is 143 cm³/mol. The Morgan fingerprint density at radius 3 is 2.54 bits per heavy atom. The van der Waals surface area contributed by atoms with E-state index in [9.17, 15) is 14.9 Å². The number of anilines is 1. The first-order chi connectivity index (χ1) is 19.0. The van der Waals surface area contributed by atoms with E-state index in [-0.39, 0.29) is 48.9 Å². The van der Waals surface area contributed by atoms with E-state index < -0.39 is 11.2 Å².